The number of hydrogen-bond acceptors (Lipinski definition) is 5. The molecule has 0 bridgehead atoms. The molecule has 0 unspecified atom stereocenters. The molecule has 0 amide bonds. The molecule has 5 rings (SSSR count). The van der Waals surface area contributed by atoms with Gasteiger partial charge in [-0.25, -0.2) is 4.98 Å². The predicted octanol–water partition coefficient (Wildman–Crippen LogP) is 4.79. The number of thiazole rings is 1. The molecule has 4 nitrogen and oxygen atoms in total. The number of para-hydroxylation sites is 1. The topological polar surface area (TPSA) is 41.4 Å². The summed E-state index contributed by atoms with van der Waals surface area (Å²) in [5.74, 6) is 0. The second kappa shape index (κ2) is 7.94. The zero-order valence-electron chi connectivity index (χ0n) is 15.9. The van der Waals surface area contributed by atoms with Gasteiger partial charge in [-0.2, -0.15) is 0 Å². The smallest absolute Gasteiger partial charge is 0.0794 e. The van der Waals surface area contributed by atoms with Crippen LogP contribution in [0.15, 0.2) is 58.5 Å². The normalized spacial score (nSPS) is 18.0. The number of hydrogen-bond donors (Lipinski definition) is 0. The van der Waals surface area contributed by atoms with Crippen molar-refractivity contribution >= 4 is 22.7 Å². The number of aromatic nitrogens is 2. The Bertz CT molecular complexity index is 980. The molecule has 0 saturated carbocycles. The number of rotatable bonds is 6. The van der Waals surface area contributed by atoms with Gasteiger partial charge in [0.15, 0.2) is 0 Å². The lowest BCUT2D eigenvalue weighted by atomic mass is 9.90. The van der Waals surface area contributed by atoms with Crippen LogP contribution in [0.3, 0.4) is 0 Å². The first-order valence-electron chi connectivity index (χ1n) is 10.1. The molecule has 3 heterocycles. The van der Waals surface area contributed by atoms with Crippen molar-refractivity contribution < 1.29 is 0 Å². The van der Waals surface area contributed by atoms with E-state index in [1.165, 1.54) is 41.1 Å². The van der Waals surface area contributed by atoms with E-state index in [-0.39, 0.29) is 0 Å². The summed E-state index contributed by atoms with van der Waals surface area (Å²) in [7, 11) is 0. The average molecular weight is 389 g/mol. The molecule has 1 atom stereocenters. The van der Waals surface area contributed by atoms with Crippen LogP contribution in [0.2, 0.25) is 0 Å². The zero-order chi connectivity index (χ0) is 18.8. The maximum absolute atomic E-state index is 4.93. The number of aliphatic imine (C=N–C) groups is 1. The fourth-order valence-electron chi connectivity index (χ4n) is 4.43. The van der Waals surface area contributed by atoms with Gasteiger partial charge in [0.2, 0.25) is 0 Å². The number of benzene rings is 1. The molecule has 0 fully saturated rings. The first-order valence-corrected chi connectivity index (χ1v) is 11.0. The Labute approximate surface area is 170 Å². The first-order chi connectivity index (χ1) is 13.9. The summed E-state index contributed by atoms with van der Waals surface area (Å²) in [5.41, 5.74) is 9.54. The van der Waals surface area contributed by atoms with E-state index in [0.717, 1.165) is 38.0 Å². The van der Waals surface area contributed by atoms with Crippen LogP contribution in [-0.2, 0) is 19.3 Å². The van der Waals surface area contributed by atoms with Crippen molar-refractivity contribution in [3.63, 3.8) is 0 Å². The Morgan fingerprint density at radius 1 is 1.07 bits per heavy atom. The van der Waals surface area contributed by atoms with E-state index in [1.54, 1.807) is 11.3 Å². The van der Waals surface area contributed by atoms with E-state index < -0.39 is 0 Å². The van der Waals surface area contributed by atoms with Gasteiger partial charge in [0.1, 0.15) is 0 Å². The van der Waals surface area contributed by atoms with Crippen LogP contribution in [0, 0.1) is 0 Å². The van der Waals surface area contributed by atoms with Crippen molar-refractivity contribution in [3.8, 4) is 0 Å². The van der Waals surface area contributed by atoms with Crippen LogP contribution in [-0.4, -0.2) is 33.7 Å². The van der Waals surface area contributed by atoms with E-state index in [4.69, 9.17) is 9.98 Å². The molecule has 1 aliphatic carbocycles. The van der Waals surface area contributed by atoms with E-state index in [1.807, 2.05) is 11.7 Å². The van der Waals surface area contributed by atoms with Gasteiger partial charge < -0.3 is 0 Å². The highest BCUT2D eigenvalue weighted by molar-refractivity contribution is 7.07. The minimum Gasteiger partial charge on any atom is -0.289 e. The van der Waals surface area contributed by atoms with Gasteiger partial charge in [0.05, 0.1) is 28.6 Å². The monoisotopic (exact) mass is 388 g/mol. The van der Waals surface area contributed by atoms with Gasteiger partial charge in [0, 0.05) is 43.2 Å². The highest BCUT2D eigenvalue weighted by Crippen LogP contribution is 2.34. The van der Waals surface area contributed by atoms with Crippen molar-refractivity contribution in [2.24, 2.45) is 4.99 Å². The Hall–Kier alpha value is -2.37. The van der Waals surface area contributed by atoms with Crippen molar-refractivity contribution in [3.05, 3.63) is 76.0 Å². The maximum Gasteiger partial charge on any atom is 0.0794 e. The molecular weight excluding hydrogens is 364 g/mol. The van der Waals surface area contributed by atoms with Gasteiger partial charge in [-0.15, -0.1) is 11.3 Å². The lowest BCUT2D eigenvalue weighted by Gasteiger charge is -2.35. The third-order valence-corrected chi connectivity index (χ3v) is 6.43. The first kappa shape index (κ1) is 17.7. The van der Waals surface area contributed by atoms with Crippen molar-refractivity contribution in [2.75, 3.05) is 13.1 Å². The SMILES string of the molecule is c1ccc2c(c1)CC(CN(CCc1cscn1)[C@H]1CCCc3cccnc31)=N2. The molecule has 2 aromatic heterocycles. The van der Waals surface area contributed by atoms with Gasteiger partial charge in [0.25, 0.3) is 0 Å². The largest absolute Gasteiger partial charge is 0.289 e. The summed E-state index contributed by atoms with van der Waals surface area (Å²) in [6, 6.07) is 13.2. The van der Waals surface area contributed by atoms with Gasteiger partial charge in [-0.3, -0.25) is 14.9 Å². The lowest BCUT2D eigenvalue weighted by molar-refractivity contribution is 0.201. The van der Waals surface area contributed by atoms with E-state index in [2.05, 4.69) is 51.7 Å². The zero-order valence-corrected chi connectivity index (χ0v) is 16.7. The Morgan fingerprint density at radius 2 is 2.00 bits per heavy atom. The van der Waals surface area contributed by atoms with Crippen LogP contribution < -0.4 is 0 Å². The van der Waals surface area contributed by atoms with Gasteiger partial charge >= 0.3 is 0 Å². The van der Waals surface area contributed by atoms with Crippen molar-refractivity contribution in [2.45, 2.75) is 38.1 Å². The molecule has 1 aromatic carbocycles. The summed E-state index contributed by atoms with van der Waals surface area (Å²) >= 11 is 1.67. The Balaban J connectivity index is 1.40. The van der Waals surface area contributed by atoms with E-state index >= 15 is 0 Å². The number of pyridine rings is 1. The van der Waals surface area contributed by atoms with E-state index in [0.29, 0.717) is 6.04 Å². The highest BCUT2D eigenvalue weighted by Gasteiger charge is 2.28. The second-order valence-electron chi connectivity index (χ2n) is 7.64. The highest BCUT2D eigenvalue weighted by atomic mass is 32.1. The predicted molar refractivity (Wildman–Crippen MR) is 115 cm³/mol. The molecule has 142 valence electrons. The molecule has 0 radical (unpaired) electrons. The van der Waals surface area contributed by atoms with Crippen LogP contribution in [0.25, 0.3) is 0 Å². The molecular formula is C23H24N4S. The third kappa shape index (κ3) is 3.64. The second-order valence-corrected chi connectivity index (χ2v) is 8.36. The maximum atomic E-state index is 4.93. The molecule has 0 spiro atoms. The van der Waals surface area contributed by atoms with Crippen LogP contribution >= 0.6 is 11.3 Å². The quantitative estimate of drug-likeness (QED) is 0.610. The third-order valence-electron chi connectivity index (χ3n) is 5.80. The molecule has 2 aliphatic rings. The number of fused-ring (bicyclic) bond motifs is 2. The van der Waals surface area contributed by atoms with Crippen LogP contribution in [0.1, 0.15) is 41.4 Å². The summed E-state index contributed by atoms with van der Waals surface area (Å²) in [4.78, 5) is 16.8. The Kier molecular flexibility index (Phi) is 5.02. The van der Waals surface area contributed by atoms with E-state index in [9.17, 15) is 0 Å². The molecule has 0 saturated heterocycles. The molecule has 3 aromatic rings. The summed E-state index contributed by atoms with van der Waals surface area (Å²) in [5, 5.41) is 2.16. The summed E-state index contributed by atoms with van der Waals surface area (Å²) < 4.78 is 0. The van der Waals surface area contributed by atoms with Crippen molar-refractivity contribution in [1.29, 1.82) is 0 Å². The number of nitrogens with zero attached hydrogens (tertiary/aromatic N) is 4. The van der Waals surface area contributed by atoms with Gasteiger partial charge in [-0.1, -0.05) is 24.3 Å². The minimum atomic E-state index is 0.370. The van der Waals surface area contributed by atoms with Crippen LogP contribution in [0.4, 0.5) is 5.69 Å². The standard InChI is InChI=1S/C23H24N4S/c1-2-8-21-18(5-1)13-20(26-21)14-27(12-10-19-15-28-16-25-19)22-9-3-6-17-7-4-11-24-23(17)22/h1-2,4-5,7-8,11,15-16,22H,3,6,9-10,12-14H2/t22-/m0/s1. The molecule has 28 heavy (non-hydrogen) atoms. The molecule has 0 N–H and O–H groups in total. The Morgan fingerprint density at radius 3 is 2.89 bits per heavy atom. The fraction of sp³-hybridized carbons (Fsp3) is 0.348. The average Bonchev–Trinajstić information content (AvgIpc) is 3.40. The lowest BCUT2D eigenvalue weighted by Crippen LogP contribution is -2.37. The summed E-state index contributed by atoms with van der Waals surface area (Å²) in [6.07, 6.45) is 7.42. The molecule has 5 heteroatoms. The summed E-state index contributed by atoms with van der Waals surface area (Å²) in [6.45, 7) is 1.89. The minimum absolute atomic E-state index is 0.370. The van der Waals surface area contributed by atoms with Crippen LogP contribution in [0.5, 0.6) is 0 Å². The number of aryl methyl sites for hydroxylation is 1. The fourth-order valence-corrected chi connectivity index (χ4v) is 5.02. The molecule has 1 aliphatic heterocycles. The van der Waals surface area contributed by atoms with Gasteiger partial charge in [-0.05, 0) is 42.5 Å². The van der Waals surface area contributed by atoms with Crippen molar-refractivity contribution in [1.82, 2.24) is 14.9 Å².